The Morgan fingerprint density at radius 2 is 2.33 bits per heavy atom. The second-order valence-electron chi connectivity index (χ2n) is 2.80. The van der Waals surface area contributed by atoms with Gasteiger partial charge in [0.15, 0.2) is 5.65 Å². The van der Waals surface area contributed by atoms with E-state index in [1.165, 1.54) is 12.4 Å². The Labute approximate surface area is 83.0 Å². The van der Waals surface area contributed by atoms with Crippen molar-refractivity contribution in [1.29, 1.82) is 0 Å². The van der Waals surface area contributed by atoms with Crippen LogP contribution in [0.1, 0.15) is 5.69 Å². The molecule has 7 nitrogen and oxygen atoms in total. The highest BCUT2D eigenvalue weighted by atomic mass is 16.1. The lowest BCUT2D eigenvalue weighted by atomic mass is 10.3. The van der Waals surface area contributed by atoms with Gasteiger partial charge < -0.3 is 10.7 Å². The van der Waals surface area contributed by atoms with E-state index in [1.54, 1.807) is 0 Å². The number of amides is 1. The molecule has 2 aromatic heterocycles. The fourth-order valence-corrected chi connectivity index (χ4v) is 1.17. The summed E-state index contributed by atoms with van der Waals surface area (Å²) in [5.74, 6) is -0.599. The molecule has 0 saturated heterocycles. The van der Waals surface area contributed by atoms with Gasteiger partial charge in [0.2, 0.25) is 5.91 Å². The highest BCUT2D eigenvalue weighted by Crippen LogP contribution is 2.08. The molecule has 0 unspecified atom stereocenters. The van der Waals surface area contributed by atoms with Crippen LogP contribution in [0.4, 0.5) is 0 Å². The van der Waals surface area contributed by atoms with Gasteiger partial charge in [0.1, 0.15) is 5.39 Å². The molecule has 2 heterocycles. The summed E-state index contributed by atoms with van der Waals surface area (Å²) in [4.78, 5) is 28.2. The number of nitrogens with one attached hydrogen (secondary N) is 2. The molecular weight excluding hydrogens is 198 g/mol. The molecule has 2 rings (SSSR count). The van der Waals surface area contributed by atoms with Crippen molar-refractivity contribution in [1.82, 2.24) is 20.2 Å². The van der Waals surface area contributed by atoms with Gasteiger partial charge in [-0.25, -0.2) is 4.98 Å². The molecule has 15 heavy (non-hydrogen) atoms. The summed E-state index contributed by atoms with van der Waals surface area (Å²) in [6, 6.07) is 0. The number of fused-ring (bicyclic) bond motifs is 1. The molecule has 4 N–H and O–H groups in total. The maximum atomic E-state index is 11.4. The van der Waals surface area contributed by atoms with Crippen LogP contribution in [0.25, 0.3) is 17.1 Å². The highest BCUT2D eigenvalue weighted by molar-refractivity contribution is 5.93. The van der Waals surface area contributed by atoms with E-state index < -0.39 is 5.91 Å². The first-order valence-electron chi connectivity index (χ1n) is 4.08. The summed E-state index contributed by atoms with van der Waals surface area (Å²) >= 11 is 0. The van der Waals surface area contributed by atoms with Gasteiger partial charge in [0, 0.05) is 6.08 Å². The molecule has 0 aromatic carbocycles. The first kappa shape index (κ1) is 9.13. The summed E-state index contributed by atoms with van der Waals surface area (Å²) in [6.07, 6.45) is 3.78. The average molecular weight is 205 g/mol. The molecule has 0 spiro atoms. The van der Waals surface area contributed by atoms with Gasteiger partial charge in [0.05, 0.1) is 12.0 Å². The normalized spacial score (nSPS) is 11.2. The number of carbonyl (C=O) groups is 1. The Kier molecular flexibility index (Phi) is 2.05. The van der Waals surface area contributed by atoms with Gasteiger partial charge in [0.25, 0.3) is 5.56 Å². The van der Waals surface area contributed by atoms with Crippen molar-refractivity contribution < 1.29 is 4.79 Å². The number of nitrogens with two attached hydrogens (primary N) is 1. The molecule has 76 valence electrons. The Bertz CT molecular complexity index is 594. The Balaban J connectivity index is 2.63. The van der Waals surface area contributed by atoms with Crippen molar-refractivity contribution >= 4 is 23.0 Å². The summed E-state index contributed by atoms with van der Waals surface area (Å²) < 4.78 is 0. The van der Waals surface area contributed by atoms with E-state index in [4.69, 9.17) is 5.73 Å². The van der Waals surface area contributed by atoms with Crippen molar-refractivity contribution in [3.63, 3.8) is 0 Å². The number of primary amides is 1. The lowest BCUT2D eigenvalue weighted by Gasteiger charge is -1.87. The molecule has 7 heteroatoms. The number of hydrogen-bond donors (Lipinski definition) is 3. The summed E-state index contributed by atoms with van der Waals surface area (Å²) in [5.41, 5.74) is 5.30. The minimum atomic E-state index is -0.599. The third-order valence-corrected chi connectivity index (χ3v) is 1.80. The number of aromatic amines is 2. The average Bonchev–Trinajstić information content (AvgIpc) is 2.59. The van der Waals surface area contributed by atoms with Crippen LogP contribution in [-0.4, -0.2) is 26.1 Å². The second kappa shape index (κ2) is 3.37. The first-order chi connectivity index (χ1) is 7.18. The number of aromatic nitrogens is 4. The third kappa shape index (κ3) is 1.62. The quantitative estimate of drug-likeness (QED) is 0.553. The van der Waals surface area contributed by atoms with Gasteiger partial charge >= 0.3 is 0 Å². The Morgan fingerprint density at radius 3 is 3.07 bits per heavy atom. The molecule has 0 atom stereocenters. The maximum Gasteiger partial charge on any atom is 0.262 e. The van der Waals surface area contributed by atoms with E-state index >= 15 is 0 Å². The summed E-state index contributed by atoms with van der Waals surface area (Å²) in [7, 11) is 0. The number of H-pyrrole nitrogens is 2. The highest BCUT2D eigenvalue weighted by Gasteiger charge is 2.07. The lowest BCUT2D eigenvalue weighted by molar-refractivity contribution is -0.113. The van der Waals surface area contributed by atoms with Gasteiger partial charge in [-0.15, -0.1) is 0 Å². The van der Waals surface area contributed by atoms with Gasteiger partial charge in [-0.1, -0.05) is 0 Å². The van der Waals surface area contributed by atoms with Crippen molar-refractivity contribution in [2.24, 2.45) is 5.73 Å². The number of carbonyl (C=O) groups excluding carboxylic acids is 1. The molecule has 1 amide bonds. The van der Waals surface area contributed by atoms with Crippen molar-refractivity contribution in [3.8, 4) is 0 Å². The van der Waals surface area contributed by atoms with Gasteiger partial charge in [-0.2, -0.15) is 5.10 Å². The van der Waals surface area contributed by atoms with E-state index in [2.05, 4.69) is 20.2 Å². The van der Waals surface area contributed by atoms with Crippen LogP contribution in [0.15, 0.2) is 17.2 Å². The molecule has 0 saturated carbocycles. The Morgan fingerprint density at radius 1 is 1.53 bits per heavy atom. The minimum Gasteiger partial charge on any atom is -0.366 e. The molecule has 0 bridgehead atoms. The van der Waals surface area contributed by atoms with E-state index in [-0.39, 0.29) is 5.56 Å². The lowest BCUT2D eigenvalue weighted by Crippen LogP contribution is -2.07. The second-order valence-corrected chi connectivity index (χ2v) is 2.80. The minimum absolute atomic E-state index is 0.294. The van der Waals surface area contributed by atoms with E-state index in [1.807, 2.05) is 0 Å². The summed E-state index contributed by atoms with van der Waals surface area (Å²) in [5, 5.41) is 6.68. The van der Waals surface area contributed by atoms with Crippen LogP contribution >= 0.6 is 0 Å². The predicted octanol–water partition coefficient (Wildman–Crippen LogP) is -0.855. The fourth-order valence-electron chi connectivity index (χ4n) is 1.17. The van der Waals surface area contributed by atoms with Crippen LogP contribution in [-0.2, 0) is 4.79 Å². The van der Waals surface area contributed by atoms with Crippen molar-refractivity contribution in [3.05, 3.63) is 28.5 Å². The van der Waals surface area contributed by atoms with Crippen molar-refractivity contribution in [2.45, 2.75) is 0 Å². The molecular formula is C8H7N5O2. The van der Waals surface area contributed by atoms with Crippen LogP contribution < -0.4 is 11.3 Å². The Hall–Kier alpha value is -2.44. The van der Waals surface area contributed by atoms with Crippen LogP contribution in [0.3, 0.4) is 0 Å². The fraction of sp³-hybridized carbons (Fsp3) is 0. The van der Waals surface area contributed by atoms with Gasteiger partial charge in [-0.3, -0.25) is 14.7 Å². The van der Waals surface area contributed by atoms with E-state index in [0.717, 1.165) is 6.08 Å². The van der Waals surface area contributed by atoms with E-state index in [0.29, 0.717) is 16.7 Å². The molecule has 0 aliphatic heterocycles. The van der Waals surface area contributed by atoms with Crippen molar-refractivity contribution in [2.75, 3.05) is 0 Å². The number of hydrogen-bond acceptors (Lipinski definition) is 4. The zero-order valence-electron chi connectivity index (χ0n) is 7.52. The third-order valence-electron chi connectivity index (χ3n) is 1.80. The molecule has 0 aliphatic rings. The first-order valence-corrected chi connectivity index (χ1v) is 4.08. The van der Waals surface area contributed by atoms with Crippen LogP contribution in [0.5, 0.6) is 0 Å². The predicted molar refractivity (Wildman–Crippen MR) is 52.7 cm³/mol. The summed E-state index contributed by atoms with van der Waals surface area (Å²) in [6.45, 7) is 0. The molecule has 0 aliphatic carbocycles. The standard InChI is InChI=1S/C8H7N5O2/c9-5(14)2-1-4-6-7(13-12-4)10-3-11-8(6)15/h1-3H,(H2,9,14)(H2,10,11,12,13,15). The van der Waals surface area contributed by atoms with E-state index in [9.17, 15) is 9.59 Å². The number of rotatable bonds is 2. The monoisotopic (exact) mass is 205 g/mol. The SMILES string of the molecule is NC(=O)C=Cc1[nH]nc2nc[nH]c(=O)c12. The zero-order chi connectivity index (χ0) is 10.8. The molecule has 2 aromatic rings. The maximum absolute atomic E-state index is 11.4. The molecule has 0 radical (unpaired) electrons. The zero-order valence-corrected chi connectivity index (χ0v) is 7.52. The smallest absolute Gasteiger partial charge is 0.262 e. The van der Waals surface area contributed by atoms with Gasteiger partial charge in [-0.05, 0) is 6.08 Å². The van der Waals surface area contributed by atoms with Crippen LogP contribution in [0.2, 0.25) is 0 Å². The number of nitrogens with zero attached hydrogens (tertiary/aromatic N) is 2. The largest absolute Gasteiger partial charge is 0.366 e. The van der Waals surface area contributed by atoms with Crippen LogP contribution in [0, 0.1) is 0 Å². The molecule has 0 fully saturated rings. The topological polar surface area (TPSA) is 118 Å².